The van der Waals surface area contributed by atoms with Crippen molar-refractivity contribution in [2.24, 2.45) is 5.92 Å². The molecular weight excluding hydrogens is 857 g/mol. The van der Waals surface area contributed by atoms with Crippen LogP contribution in [0.3, 0.4) is 0 Å². The van der Waals surface area contributed by atoms with Crippen LogP contribution in [-0.2, 0) is 9.47 Å². The quantitative estimate of drug-likeness (QED) is 0.0675. The van der Waals surface area contributed by atoms with E-state index in [0.29, 0.717) is 55.4 Å². The van der Waals surface area contributed by atoms with Crippen molar-refractivity contribution in [2.75, 3.05) is 51.7 Å². The van der Waals surface area contributed by atoms with Crippen molar-refractivity contribution in [3.63, 3.8) is 0 Å². The molecule has 1 unspecified atom stereocenters. The Morgan fingerprint density at radius 2 is 1.69 bits per heavy atom. The molecule has 2 aliphatic rings. The van der Waals surface area contributed by atoms with Gasteiger partial charge in [-0.3, -0.25) is 9.99 Å². The summed E-state index contributed by atoms with van der Waals surface area (Å²) in [6, 6.07) is 6.08. The van der Waals surface area contributed by atoms with Crippen molar-refractivity contribution in [3.05, 3.63) is 59.3 Å². The van der Waals surface area contributed by atoms with E-state index >= 15 is 8.78 Å². The number of aromatic nitrogens is 3. The zero-order valence-electron chi connectivity index (χ0n) is 39.5. The summed E-state index contributed by atoms with van der Waals surface area (Å²) < 4.78 is 85.3. The second-order valence-corrected chi connectivity index (χ2v) is 24.6. The molecule has 1 N–H and O–H groups in total. The first kappa shape index (κ1) is 49.5. The van der Waals surface area contributed by atoms with E-state index in [4.69, 9.17) is 28.9 Å². The van der Waals surface area contributed by atoms with Gasteiger partial charge in [0.25, 0.3) is 6.08 Å². The topological polar surface area (TPSA) is 111 Å². The number of fused-ring (bicyclic) bond motifs is 2. The summed E-state index contributed by atoms with van der Waals surface area (Å²) >= 11 is 0. The van der Waals surface area contributed by atoms with E-state index in [9.17, 15) is 13.6 Å². The molecule has 352 valence electrons. The number of pyridine rings is 1. The molecule has 6 rings (SSSR count). The maximum absolute atomic E-state index is 17.9. The molecule has 0 spiro atoms. The van der Waals surface area contributed by atoms with E-state index in [-0.39, 0.29) is 94.0 Å². The van der Waals surface area contributed by atoms with Crippen LogP contribution in [0.5, 0.6) is 11.8 Å². The number of ether oxygens (including phenoxy) is 4. The molecule has 4 heterocycles. The van der Waals surface area contributed by atoms with Gasteiger partial charge in [-0.15, -0.1) is 5.54 Å². The van der Waals surface area contributed by atoms with Gasteiger partial charge in [0.2, 0.25) is 0 Å². The Hall–Kier alpha value is -4.98. The number of rotatable bonds is 11. The van der Waals surface area contributed by atoms with Crippen LogP contribution in [0.25, 0.3) is 32.9 Å². The summed E-state index contributed by atoms with van der Waals surface area (Å²) in [5, 5.41) is 7.25. The lowest BCUT2D eigenvalue weighted by atomic mass is 9.94. The fourth-order valence-corrected chi connectivity index (χ4v) is 14.6. The van der Waals surface area contributed by atoms with Crippen LogP contribution >= 0.6 is 0 Å². The van der Waals surface area contributed by atoms with Gasteiger partial charge in [0.05, 0.1) is 17.6 Å². The summed E-state index contributed by atoms with van der Waals surface area (Å²) in [5.74, 6) is 2.06. The number of carbonyl (C=O) groups is 1. The van der Waals surface area contributed by atoms with Crippen LogP contribution in [0, 0.1) is 29.0 Å². The molecule has 1 atom stereocenters. The molecule has 0 bridgehead atoms. The largest absolute Gasteiger partial charge is 0.468 e. The standard InChI is InChI=1S/C49H64F4N6O5Si/c1-30(2)65(31(3)4,32(5)6)22-18-37-40(50)17-16-34-24-36(63-29-61-10)25-38(41(34)37)43-42(51)44-39(27-55-43)46(58-20-12-11-13-21-59(58)48(60)64-49(7,8)9)57-47(56-44)62-28-33-15-14-19-54-26-35(23-33)45(52)53/h16-17,24-25,27,30-33,54H,11-15,19-21,23,26,28-29H2,1-10H3. The number of amides is 1. The number of hydrazine groups is 1. The van der Waals surface area contributed by atoms with Gasteiger partial charge in [-0.05, 0) is 112 Å². The molecule has 65 heavy (non-hydrogen) atoms. The first-order valence-electron chi connectivity index (χ1n) is 22.8. The molecule has 2 fully saturated rings. The smallest absolute Gasteiger partial charge is 0.429 e. The van der Waals surface area contributed by atoms with E-state index in [1.165, 1.54) is 24.4 Å². The van der Waals surface area contributed by atoms with E-state index in [1.807, 2.05) is 0 Å². The summed E-state index contributed by atoms with van der Waals surface area (Å²) in [6.07, 6.45) is 2.72. The second-order valence-electron chi connectivity index (χ2n) is 19.1. The normalized spacial score (nSPS) is 16.7. The number of nitrogens with one attached hydrogen (secondary N) is 1. The number of anilines is 1. The molecule has 0 saturated carbocycles. The molecule has 2 aromatic carbocycles. The van der Waals surface area contributed by atoms with Crippen molar-refractivity contribution in [3.8, 4) is 34.5 Å². The van der Waals surface area contributed by atoms with Gasteiger partial charge in [-0.25, -0.2) is 18.6 Å². The molecule has 2 saturated heterocycles. The van der Waals surface area contributed by atoms with Crippen LogP contribution in [0.2, 0.25) is 16.6 Å². The highest BCUT2D eigenvalue weighted by Gasteiger charge is 2.42. The van der Waals surface area contributed by atoms with E-state index in [2.05, 4.69) is 63.3 Å². The third-order valence-electron chi connectivity index (χ3n) is 12.5. The van der Waals surface area contributed by atoms with Crippen molar-refractivity contribution in [1.82, 2.24) is 25.3 Å². The zero-order valence-corrected chi connectivity index (χ0v) is 40.5. The van der Waals surface area contributed by atoms with Gasteiger partial charge in [0.15, 0.2) is 18.4 Å². The van der Waals surface area contributed by atoms with E-state index in [1.54, 1.807) is 44.0 Å². The summed E-state index contributed by atoms with van der Waals surface area (Å²) in [7, 11) is -0.878. The fraction of sp³-hybridized carbons (Fsp3) is 0.551. The molecule has 11 nitrogen and oxygen atoms in total. The summed E-state index contributed by atoms with van der Waals surface area (Å²) in [6.45, 7) is 19.6. The first-order chi connectivity index (χ1) is 30.9. The number of hydrogen-bond acceptors (Lipinski definition) is 10. The Morgan fingerprint density at radius 3 is 2.37 bits per heavy atom. The molecule has 2 aliphatic heterocycles. The van der Waals surface area contributed by atoms with Crippen molar-refractivity contribution in [1.29, 1.82) is 0 Å². The third kappa shape index (κ3) is 11.2. The monoisotopic (exact) mass is 920 g/mol. The van der Waals surface area contributed by atoms with Gasteiger partial charge in [-0.1, -0.05) is 53.5 Å². The van der Waals surface area contributed by atoms with Gasteiger partial charge >= 0.3 is 12.1 Å². The van der Waals surface area contributed by atoms with Crippen LogP contribution in [0.4, 0.5) is 28.2 Å². The molecule has 1 amide bonds. The number of nitrogens with zero attached hydrogens (tertiary/aromatic N) is 5. The van der Waals surface area contributed by atoms with Gasteiger partial charge in [0.1, 0.15) is 36.5 Å². The van der Waals surface area contributed by atoms with E-state index in [0.717, 1.165) is 12.8 Å². The minimum atomic E-state index is -2.36. The third-order valence-corrected chi connectivity index (χ3v) is 18.8. The molecule has 0 radical (unpaired) electrons. The highest BCUT2D eigenvalue weighted by Crippen LogP contribution is 2.43. The maximum Gasteiger partial charge on any atom is 0.429 e. The molecule has 2 aromatic heterocycles. The number of methoxy groups -OCH3 is 1. The van der Waals surface area contributed by atoms with Crippen LogP contribution < -0.4 is 19.8 Å². The van der Waals surface area contributed by atoms with Crippen LogP contribution in [-0.4, -0.2) is 86.4 Å². The Balaban J connectivity index is 1.60. The highest BCUT2D eigenvalue weighted by atomic mass is 28.3. The Labute approximate surface area is 381 Å². The number of hydrogen-bond donors (Lipinski definition) is 1. The average Bonchev–Trinajstić information content (AvgIpc) is 3.49. The highest BCUT2D eigenvalue weighted by molar-refractivity contribution is 6.90. The minimum Gasteiger partial charge on any atom is -0.468 e. The number of benzene rings is 2. The van der Waals surface area contributed by atoms with Crippen LogP contribution in [0.15, 0.2) is 42.1 Å². The number of halogens is 4. The minimum absolute atomic E-state index is 0.00725. The van der Waals surface area contributed by atoms with E-state index < -0.39 is 37.5 Å². The van der Waals surface area contributed by atoms with Crippen molar-refractivity contribution in [2.45, 2.75) is 123 Å². The SMILES string of the molecule is COCOc1cc(-c2ncc3c(N4CCCCCN4C(=O)OC(C)(C)C)nc(OCC4CCCNCC(=C(F)F)C4)nc3c2F)c2c(C#C[Si](C(C)C)(C(C)C)C(C)C)c(F)ccc2c1. The maximum atomic E-state index is 17.9. The predicted molar refractivity (Wildman–Crippen MR) is 250 cm³/mol. The Kier molecular flexibility index (Phi) is 16.1. The van der Waals surface area contributed by atoms with Crippen LogP contribution in [0.1, 0.15) is 106 Å². The fourth-order valence-electron chi connectivity index (χ4n) is 9.43. The molecule has 0 aliphatic carbocycles. The van der Waals surface area contributed by atoms with Gasteiger partial charge in [-0.2, -0.15) is 18.7 Å². The molecule has 4 aromatic rings. The summed E-state index contributed by atoms with van der Waals surface area (Å²) in [5.41, 5.74) is 3.66. The Bertz CT molecular complexity index is 2420. The molecular formula is C49H64F4N6O5Si. The lowest BCUT2D eigenvalue weighted by Crippen LogP contribution is -2.49. The summed E-state index contributed by atoms with van der Waals surface area (Å²) in [4.78, 5) is 28.0. The van der Waals surface area contributed by atoms with Crippen molar-refractivity contribution < 1.29 is 41.3 Å². The van der Waals surface area contributed by atoms with Crippen molar-refractivity contribution >= 4 is 41.7 Å². The zero-order chi connectivity index (χ0) is 47.2. The predicted octanol–water partition coefficient (Wildman–Crippen LogP) is 11.7. The number of carbonyl (C=O) groups excluding carboxylic acids is 1. The second kappa shape index (κ2) is 21.1. The average molecular weight is 921 g/mol. The lowest BCUT2D eigenvalue weighted by Gasteiger charge is -2.38. The lowest BCUT2D eigenvalue weighted by molar-refractivity contribution is 0.0232. The van der Waals surface area contributed by atoms with Gasteiger partial charge < -0.3 is 24.3 Å². The van der Waals surface area contributed by atoms with Gasteiger partial charge in [0, 0.05) is 49.5 Å². The molecule has 16 heteroatoms. The first-order valence-corrected chi connectivity index (χ1v) is 25.0. The Morgan fingerprint density at radius 1 is 0.969 bits per heavy atom.